The van der Waals surface area contributed by atoms with Crippen LogP contribution in [0, 0.1) is 17.2 Å². The molecule has 2 N–H and O–H groups in total. The lowest BCUT2D eigenvalue weighted by Crippen LogP contribution is -2.10. The number of imidazole rings is 1. The Hall–Kier alpha value is -3.43. The van der Waals surface area contributed by atoms with Crippen LogP contribution >= 0.6 is 0 Å². The second kappa shape index (κ2) is 8.13. The molecule has 0 spiro atoms. The van der Waals surface area contributed by atoms with Gasteiger partial charge in [0.05, 0.1) is 22.7 Å². The molecule has 152 valence electrons. The molecule has 0 aliphatic carbocycles. The van der Waals surface area contributed by atoms with Crippen LogP contribution in [0.5, 0.6) is 0 Å². The van der Waals surface area contributed by atoms with E-state index in [-0.39, 0.29) is 0 Å². The third kappa shape index (κ3) is 3.60. The first kappa shape index (κ1) is 19.9. The van der Waals surface area contributed by atoms with Crippen LogP contribution in [0.3, 0.4) is 0 Å². The zero-order valence-electron chi connectivity index (χ0n) is 17.5. The van der Waals surface area contributed by atoms with Gasteiger partial charge in [0.25, 0.3) is 0 Å². The Bertz CT molecular complexity index is 1270. The normalized spacial score (nSPS) is 11.4. The molecule has 4 aromatic rings. The molecule has 6 heteroatoms. The predicted molar refractivity (Wildman–Crippen MR) is 120 cm³/mol. The van der Waals surface area contributed by atoms with Crippen LogP contribution in [0.15, 0.2) is 42.5 Å². The van der Waals surface area contributed by atoms with Crippen LogP contribution in [0.1, 0.15) is 32.2 Å². The van der Waals surface area contributed by atoms with Gasteiger partial charge in [-0.05, 0) is 42.2 Å². The standard InChI is InChI=1S/C24H25N5O/c1-4-30-14-21-28-22-23(29(21)13-15(2)3)19-9-8-18(11-20(19)27-24(22)26)17-7-5-6-16(10-17)12-25/h5-11,15H,4,13-14H2,1-3H3,(H2,26,27). The molecule has 0 unspecified atom stereocenters. The Morgan fingerprint density at radius 2 is 1.93 bits per heavy atom. The van der Waals surface area contributed by atoms with Crippen LogP contribution in [0.25, 0.3) is 33.1 Å². The fraction of sp³-hybridized carbons (Fsp3) is 0.292. The maximum Gasteiger partial charge on any atom is 0.152 e. The zero-order valence-corrected chi connectivity index (χ0v) is 17.5. The van der Waals surface area contributed by atoms with Gasteiger partial charge in [0.1, 0.15) is 17.9 Å². The molecule has 0 aliphatic rings. The van der Waals surface area contributed by atoms with E-state index in [0.29, 0.717) is 30.5 Å². The van der Waals surface area contributed by atoms with Gasteiger partial charge in [-0.15, -0.1) is 0 Å². The van der Waals surface area contributed by atoms with Crippen molar-refractivity contribution in [1.82, 2.24) is 14.5 Å². The molecule has 0 bridgehead atoms. The van der Waals surface area contributed by atoms with E-state index in [2.05, 4.69) is 41.6 Å². The van der Waals surface area contributed by atoms with E-state index in [1.807, 2.05) is 31.2 Å². The van der Waals surface area contributed by atoms with Gasteiger partial charge in [0.2, 0.25) is 0 Å². The Labute approximate surface area is 175 Å². The molecule has 0 fully saturated rings. The molecule has 0 atom stereocenters. The molecule has 6 nitrogen and oxygen atoms in total. The minimum Gasteiger partial charge on any atom is -0.382 e. The monoisotopic (exact) mass is 399 g/mol. The van der Waals surface area contributed by atoms with Crippen molar-refractivity contribution in [2.75, 3.05) is 12.3 Å². The van der Waals surface area contributed by atoms with E-state index in [1.54, 1.807) is 6.07 Å². The highest BCUT2D eigenvalue weighted by molar-refractivity contribution is 6.07. The highest BCUT2D eigenvalue weighted by Crippen LogP contribution is 2.32. The second-order valence-electron chi connectivity index (χ2n) is 7.79. The summed E-state index contributed by atoms with van der Waals surface area (Å²) < 4.78 is 7.87. The number of aromatic nitrogens is 3. The van der Waals surface area contributed by atoms with Crippen LogP contribution in [0.2, 0.25) is 0 Å². The lowest BCUT2D eigenvalue weighted by atomic mass is 10.0. The third-order valence-corrected chi connectivity index (χ3v) is 5.09. The zero-order chi connectivity index (χ0) is 21.3. The van der Waals surface area contributed by atoms with Gasteiger partial charge in [-0.1, -0.05) is 38.1 Å². The number of hydrogen-bond acceptors (Lipinski definition) is 5. The van der Waals surface area contributed by atoms with Gasteiger partial charge in [-0.2, -0.15) is 5.26 Å². The van der Waals surface area contributed by atoms with Crippen LogP contribution in [-0.2, 0) is 17.9 Å². The molecule has 0 saturated heterocycles. The topological polar surface area (TPSA) is 89.8 Å². The summed E-state index contributed by atoms with van der Waals surface area (Å²) in [4.78, 5) is 9.41. The summed E-state index contributed by atoms with van der Waals surface area (Å²) in [6.45, 7) is 8.24. The Morgan fingerprint density at radius 3 is 2.67 bits per heavy atom. The van der Waals surface area contributed by atoms with E-state index in [4.69, 9.17) is 15.5 Å². The molecule has 2 aromatic carbocycles. The van der Waals surface area contributed by atoms with Crippen LogP contribution in [0.4, 0.5) is 5.82 Å². The predicted octanol–water partition coefficient (Wildman–Crippen LogP) is 4.90. The number of rotatable bonds is 6. The van der Waals surface area contributed by atoms with Crippen molar-refractivity contribution in [3.05, 3.63) is 53.9 Å². The number of benzene rings is 2. The van der Waals surface area contributed by atoms with E-state index in [1.165, 1.54) is 0 Å². The summed E-state index contributed by atoms with van der Waals surface area (Å²) in [5.74, 6) is 1.73. The molecule has 2 heterocycles. The van der Waals surface area contributed by atoms with E-state index in [9.17, 15) is 5.26 Å². The molecule has 0 radical (unpaired) electrons. The van der Waals surface area contributed by atoms with E-state index < -0.39 is 0 Å². The van der Waals surface area contributed by atoms with Gasteiger partial charge in [-0.25, -0.2) is 9.97 Å². The number of hydrogen-bond donors (Lipinski definition) is 1. The number of nitrogen functional groups attached to an aromatic ring is 1. The fourth-order valence-electron chi connectivity index (χ4n) is 3.77. The quantitative estimate of drug-likeness (QED) is 0.498. The number of ether oxygens (including phenoxy) is 1. The molecule has 30 heavy (non-hydrogen) atoms. The number of nitrogens with zero attached hydrogens (tertiary/aromatic N) is 4. The molecular weight excluding hydrogens is 374 g/mol. The molecule has 2 aromatic heterocycles. The average molecular weight is 399 g/mol. The Balaban J connectivity index is 1.94. The third-order valence-electron chi connectivity index (χ3n) is 5.09. The number of pyridine rings is 1. The van der Waals surface area contributed by atoms with Crippen molar-refractivity contribution >= 4 is 27.8 Å². The highest BCUT2D eigenvalue weighted by atomic mass is 16.5. The van der Waals surface area contributed by atoms with Gasteiger partial charge >= 0.3 is 0 Å². The molecule has 4 rings (SSSR count). The van der Waals surface area contributed by atoms with Gasteiger partial charge in [-0.3, -0.25) is 0 Å². The van der Waals surface area contributed by atoms with E-state index >= 15 is 0 Å². The van der Waals surface area contributed by atoms with Crippen molar-refractivity contribution in [3.63, 3.8) is 0 Å². The molecule has 0 saturated carbocycles. The van der Waals surface area contributed by atoms with Crippen LogP contribution in [-0.4, -0.2) is 21.1 Å². The smallest absolute Gasteiger partial charge is 0.152 e. The largest absolute Gasteiger partial charge is 0.382 e. The van der Waals surface area contributed by atoms with Gasteiger partial charge in [0, 0.05) is 18.5 Å². The van der Waals surface area contributed by atoms with Crippen molar-refractivity contribution in [2.24, 2.45) is 5.92 Å². The fourth-order valence-corrected chi connectivity index (χ4v) is 3.77. The summed E-state index contributed by atoms with van der Waals surface area (Å²) in [6, 6.07) is 15.9. The SMILES string of the molecule is CCOCc1nc2c(N)nc3cc(-c4cccc(C#N)c4)ccc3c2n1CC(C)C. The molecule has 0 aliphatic heterocycles. The minimum absolute atomic E-state index is 0.417. The lowest BCUT2D eigenvalue weighted by Gasteiger charge is -2.13. The summed E-state index contributed by atoms with van der Waals surface area (Å²) in [5, 5.41) is 10.2. The van der Waals surface area contributed by atoms with E-state index in [0.717, 1.165) is 45.4 Å². The second-order valence-corrected chi connectivity index (χ2v) is 7.79. The molecule has 0 amide bonds. The average Bonchev–Trinajstić information content (AvgIpc) is 3.10. The summed E-state index contributed by atoms with van der Waals surface area (Å²) >= 11 is 0. The highest BCUT2D eigenvalue weighted by Gasteiger charge is 2.18. The number of anilines is 1. The van der Waals surface area contributed by atoms with Gasteiger partial charge < -0.3 is 15.0 Å². The maximum absolute atomic E-state index is 9.20. The maximum atomic E-state index is 9.20. The summed E-state index contributed by atoms with van der Waals surface area (Å²) in [7, 11) is 0. The summed E-state index contributed by atoms with van der Waals surface area (Å²) in [5.41, 5.74) is 11.5. The van der Waals surface area contributed by atoms with Crippen molar-refractivity contribution < 1.29 is 4.74 Å². The Kier molecular flexibility index (Phi) is 5.39. The number of fused-ring (bicyclic) bond motifs is 3. The van der Waals surface area contributed by atoms with Crippen LogP contribution < -0.4 is 5.73 Å². The first-order valence-electron chi connectivity index (χ1n) is 10.2. The number of nitrogens with two attached hydrogens (primary N) is 1. The lowest BCUT2D eigenvalue weighted by molar-refractivity contribution is 0.125. The molecular formula is C24H25N5O. The van der Waals surface area contributed by atoms with Crippen molar-refractivity contribution in [3.8, 4) is 17.2 Å². The first-order chi connectivity index (χ1) is 14.5. The van der Waals surface area contributed by atoms with Crippen molar-refractivity contribution in [2.45, 2.75) is 33.9 Å². The van der Waals surface area contributed by atoms with Gasteiger partial charge in [0.15, 0.2) is 5.82 Å². The van der Waals surface area contributed by atoms with Crippen molar-refractivity contribution in [1.29, 1.82) is 5.26 Å². The summed E-state index contributed by atoms with van der Waals surface area (Å²) in [6.07, 6.45) is 0. The first-order valence-corrected chi connectivity index (χ1v) is 10.2. The minimum atomic E-state index is 0.417. The number of nitriles is 1. The Morgan fingerprint density at radius 1 is 1.13 bits per heavy atom.